The maximum Gasteiger partial charge on any atom is 0.315 e. The van der Waals surface area contributed by atoms with E-state index in [4.69, 9.17) is 21.1 Å². The zero-order chi connectivity index (χ0) is 29.9. The van der Waals surface area contributed by atoms with Crippen molar-refractivity contribution in [1.82, 2.24) is 4.90 Å². The number of halogens is 1. The van der Waals surface area contributed by atoms with E-state index in [1.54, 1.807) is 0 Å². The van der Waals surface area contributed by atoms with E-state index in [2.05, 4.69) is 48.2 Å². The van der Waals surface area contributed by atoms with Crippen molar-refractivity contribution in [1.29, 1.82) is 0 Å². The monoisotopic (exact) mass is 593 g/mol. The Hall–Kier alpha value is -3.86. The molecule has 5 rings (SSSR count). The summed E-state index contributed by atoms with van der Waals surface area (Å²) in [6, 6.07) is 33.8. The number of allylic oxidation sites excluding steroid dienone is 1. The number of hydrogen-bond donors (Lipinski definition) is 0. The van der Waals surface area contributed by atoms with Crippen LogP contribution in [-0.2, 0) is 17.6 Å². The maximum atomic E-state index is 12.5. The number of esters is 1. The molecule has 4 nitrogen and oxygen atoms in total. The number of benzene rings is 4. The van der Waals surface area contributed by atoms with Crippen molar-refractivity contribution in [3.63, 3.8) is 0 Å². The van der Waals surface area contributed by atoms with Crippen LogP contribution in [0.15, 0.2) is 109 Å². The molecule has 0 spiro atoms. The van der Waals surface area contributed by atoms with Crippen molar-refractivity contribution in [3.8, 4) is 11.5 Å². The van der Waals surface area contributed by atoms with E-state index in [1.807, 2.05) is 66.7 Å². The molecule has 0 amide bonds. The van der Waals surface area contributed by atoms with Gasteiger partial charge in [-0.1, -0.05) is 96.7 Å². The van der Waals surface area contributed by atoms with Gasteiger partial charge in [0.25, 0.3) is 0 Å². The highest BCUT2D eigenvalue weighted by molar-refractivity contribution is 6.30. The van der Waals surface area contributed by atoms with Crippen molar-refractivity contribution >= 4 is 23.1 Å². The van der Waals surface area contributed by atoms with Crippen LogP contribution >= 0.6 is 11.6 Å². The van der Waals surface area contributed by atoms with Crippen LogP contribution in [0.3, 0.4) is 0 Å². The van der Waals surface area contributed by atoms with Gasteiger partial charge in [-0.25, -0.2) is 0 Å². The van der Waals surface area contributed by atoms with Crippen LogP contribution in [0.5, 0.6) is 11.5 Å². The highest BCUT2D eigenvalue weighted by Gasteiger charge is 2.13. The fraction of sp³-hybridized carbons (Fsp3) is 0.289. The first-order chi connectivity index (χ1) is 21.0. The molecule has 4 aromatic rings. The molecule has 0 aliphatic carbocycles. The van der Waals surface area contributed by atoms with Gasteiger partial charge in [0.1, 0.15) is 18.1 Å². The lowest BCUT2D eigenvalue weighted by Gasteiger charge is -2.20. The number of ether oxygens (including phenoxy) is 2. The predicted octanol–water partition coefficient (Wildman–Crippen LogP) is 8.81. The van der Waals surface area contributed by atoms with E-state index >= 15 is 0 Å². The first kappa shape index (κ1) is 30.6. The summed E-state index contributed by atoms with van der Waals surface area (Å²) in [5.74, 6) is 1.14. The largest absolute Gasteiger partial charge is 0.492 e. The minimum Gasteiger partial charge on any atom is -0.492 e. The van der Waals surface area contributed by atoms with Gasteiger partial charge < -0.3 is 9.47 Å². The highest BCUT2D eigenvalue weighted by atomic mass is 35.5. The Morgan fingerprint density at radius 3 is 1.91 bits per heavy atom. The minimum absolute atomic E-state index is 0.237. The van der Waals surface area contributed by atoms with Crippen molar-refractivity contribution in [3.05, 3.63) is 136 Å². The van der Waals surface area contributed by atoms with Crippen molar-refractivity contribution in [2.75, 3.05) is 26.2 Å². The fourth-order valence-electron chi connectivity index (χ4n) is 5.65. The van der Waals surface area contributed by atoms with E-state index in [0.29, 0.717) is 12.4 Å². The van der Waals surface area contributed by atoms with Gasteiger partial charge in [-0.15, -0.1) is 0 Å². The van der Waals surface area contributed by atoms with Crippen LogP contribution in [-0.4, -0.2) is 37.1 Å². The smallest absolute Gasteiger partial charge is 0.315 e. The maximum absolute atomic E-state index is 12.5. The van der Waals surface area contributed by atoms with E-state index in [0.717, 1.165) is 46.0 Å². The van der Waals surface area contributed by atoms with Crippen LogP contribution in [0.25, 0.3) is 5.57 Å². The molecule has 222 valence electrons. The molecule has 1 saturated heterocycles. The molecule has 4 aromatic carbocycles. The second-order valence-corrected chi connectivity index (χ2v) is 11.7. The van der Waals surface area contributed by atoms with E-state index in [1.165, 1.54) is 49.9 Å². The van der Waals surface area contributed by atoms with Gasteiger partial charge in [-0.3, -0.25) is 9.69 Å². The molecule has 0 aromatic heterocycles. The number of likely N-dealkylation sites (tertiary alicyclic amines) is 1. The Kier molecular flexibility index (Phi) is 11.1. The van der Waals surface area contributed by atoms with Crippen LogP contribution < -0.4 is 9.47 Å². The van der Waals surface area contributed by atoms with E-state index in [-0.39, 0.29) is 12.4 Å². The average molecular weight is 594 g/mol. The third kappa shape index (κ3) is 9.31. The Bertz CT molecular complexity index is 1470. The average Bonchev–Trinajstić information content (AvgIpc) is 3.29. The van der Waals surface area contributed by atoms with Gasteiger partial charge >= 0.3 is 5.97 Å². The minimum atomic E-state index is -0.278. The number of hydrogen-bond acceptors (Lipinski definition) is 4. The molecule has 0 N–H and O–H groups in total. The zero-order valence-corrected chi connectivity index (χ0v) is 25.7. The lowest BCUT2D eigenvalue weighted by Crippen LogP contribution is -2.29. The third-order valence-corrected chi connectivity index (χ3v) is 8.15. The molecule has 0 saturated carbocycles. The topological polar surface area (TPSA) is 38.8 Å². The summed E-state index contributed by atoms with van der Waals surface area (Å²) in [6.45, 7) is 6.18. The third-order valence-electron chi connectivity index (χ3n) is 7.89. The van der Waals surface area contributed by atoms with Gasteiger partial charge in [0.15, 0.2) is 0 Å². The lowest BCUT2D eigenvalue weighted by molar-refractivity contribution is -0.133. The zero-order valence-electron chi connectivity index (χ0n) is 24.9. The second kappa shape index (κ2) is 15.6. The Labute approximate surface area is 260 Å². The summed E-state index contributed by atoms with van der Waals surface area (Å²) >= 11 is 6.14. The summed E-state index contributed by atoms with van der Waals surface area (Å²) in [7, 11) is 0. The van der Waals surface area contributed by atoms with Gasteiger partial charge in [-0.05, 0) is 104 Å². The number of carbonyl (C=O) groups excluding carboxylic acids is 1. The van der Waals surface area contributed by atoms with Crippen LogP contribution in [0.1, 0.15) is 54.9 Å². The molecular weight excluding hydrogens is 554 g/mol. The molecule has 0 unspecified atom stereocenters. The van der Waals surface area contributed by atoms with Crippen LogP contribution in [0, 0.1) is 0 Å². The normalized spacial score (nSPS) is 14.5. The number of rotatable bonds is 11. The SMILES string of the molecule is C/C(Cc1ccc(Cl)cc1)=C(\c1ccc(OCCN2CCCCCC2)cc1)c1ccc(OC(=O)Cc2ccccc2)cc1. The Morgan fingerprint density at radius 2 is 1.28 bits per heavy atom. The molecule has 1 heterocycles. The Morgan fingerprint density at radius 1 is 0.698 bits per heavy atom. The molecule has 1 aliphatic heterocycles. The Balaban J connectivity index is 1.31. The van der Waals surface area contributed by atoms with Crippen LogP contribution in [0.2, 0.25) is 5.02 Å². The number of nitrogens with zero attached hydrogens (tertiary/aromatic N) is 1. The summed E-state index contributed by atoms with van der Waals surface area (Å²) < 4.78 is 11.8. The van der Waals surface area contributed by atoms with Gasteiger partial charge in [0.2, 0.25) is 0 Å². The molecule has 43 heavy (non-hydrogen) atoms. The van der Waals surface area contributed by atoms with Gasteiger partial charge in [0.05, 0.1) is 6.42 Å². The molecular formula is C38H40ClNO3. The second-order valence-electron chi connectivity index (χ2n) is 11.2. The van der Waals surface area contributed by atoms with Gasteiger partial charge in [-0.2, -0.15) is 0 Å². The molecule has 1 fully saturated rings. The molecule has 0 radical (unpaired) electrons. The lowest BCUT2D eigenvalue weighted by atomic mass is 9.90. The standard InChI is InChI=1S/C38H40ClNO3/c1-29(27-31-11-17-34(39)18-12-31)38(32-13-19-35(20-14-32)42-26-25-40-23-7-2-3-8-24-40)33-15-21-36(22-16-33)43-37(41)28-30-9-5-4-6-10-30/h4-6,9-22H,2-3,7-8,23-28H2,1H3/b38-29-. The summed E-state index contributed by atoms with van der Waals surface area (Å²) in [5, 5.41) is 0.731. The summed E-state index contributed by atoms with van der Waals surface area (Å²) in [5.41, 5.74) is 6.67. The molecule has 5 heteroatoms. The highest BCUT2D eigenvalue weighted by Crippen LogP contribution is 2.31. The van der Waals surface area contributed by atoms with Crippen molar-refractivity contribution in [2.24, 2.45) is 0 Å². The fourth-order valence-corrected chi connectivity index (χ4v) is 5.77. The van der Waals surface area contributed by atoms with Crippen LogP contribution in [0.4, 0.5) is 0 Å². The van der Waals surface area contributed by atoms with Gasteiger partial charge in [0, 0.05) is 11.6 Å². The summed E-state index contributed by atoms with van der Waals surface area (Å²) in [4.78, 5) is 15.0. The van der Waals surface area contributed by atoms with Crippen molar-refractivity contribution in [2.45, 2.75) is 45.4 Å². The first-order valence-corrected chi connectivity index (χ1v) is 15.7. The van der Waals surface area contributed by atoms with Crippen molar-refractivity contribution < 1.29 is 14.3 Å². The molecule has 0 atom stereocenters. The quantitative estimate of drug-likeness (QED) is 0.129. The first-order valence-electron chi connectivity index (χ1n) is 15.3. The predicted molar refractivity (Wildman–Crippen MR) is 176 cm³/mol. The molecule has 1 aliphatic rings. The van der Waals surface area contributed by atoms with E-state index < -0.39 is 0 Å². The van der Waals surface area contributed by atoms with E-state index in [9.17, 15) is 4.79 Å². The molecule has 0 bridgehead atoms. The summed E-state index contributed by atoms with van der Waals surface area (Å²) in [6.07, 6.45) is 6.28. The number of carbonyl (C=O) groups is 1.